The number of hydrogen-bond donors (Lipinski definition) is 1. The van der Waals surface area contributed by atoms with Gasteiger partial charge in [0.25, 0.3) is 0 Å². The Labute approximate surface area is 106 Å². The van der Waals surface area contributed by atoms with E-state index in [-0.39, 0.29) is 18.6 Å². The van der Waals surface area contributed by atoms with Crippen LogP contribution in [0.25, 0.3) is 0 Å². The van der Waals surface area contributed by atoms with Crippen LogP contribution in [0.3, 0.4) is 0 Å². The third kappa shape index (κ3) is 2.54. The lowest BCUT2D eigenvalue weighted by molar-refractivity contribution is 0.222. The molecule has 0 spiro atoms. The molecule has 2 amide bonds. The second-order valence-electron chi connectivity index (χ2n) is 4.04. The number of ether oxygens (including phenoxy) is 1. The van der Waals surface area contributed by atoms with Gasteiger partial charge in [0.15, 0.2) is 0 Å². The van der Waals surface area contributed by atoms with Crippen LogP contribution in [0.5, 0.6) is 5.75 Å². The zero-order valence-electron chi connectivity index (χ0n) is 10.2. The van der Waals surface area contributed by atoms with Gasteiger partial charge in [-0.15, -0.1) is 0 Å². The van der Waals surface area contributed by atoms with E-state index in [0.29, 0.717) is 13.2 Å². The van der Waals surface area contributed by atoms with E-state index in [0.717, 1.165) is 11.3 Å². The largest absolute Gasteiger partial charge is 0.494 e. The second-order valence-corrected chi connectivity index (χ2v) is 4.04. The van der Waals surface area contributed by atoms with Gasteiger partial charge in [0, 0.05) is 6.54 Å². The summed E-state index contributed by atoms with van der Waals surface area (Å²) in [5, 5.41) is 11.5. The molecule has 94 valence electrons. The molecule has 5 nitrogen and oxygen atoms in total. The molecular formula is C13H15N3O2. The predicted octanol–water partition coefficient (Wildman–Crippen LogP) is 1.68. The van der Waals surface area contributed by atoms with Crippen molar-refractivity contribution >= 4 is 6.03 Å². The first-order valence-electron chi connectivity index (χ1n) is 5.89. The topological polar surface area (TPSA) is 65.4 Å². The number of nitrogens with zero attached hydrogens (tertiary/aromatic N) is 2. The minimum absolute atomic E-state index is 0.0541. The Morgan fingerprint density at radius 3 is 2.83 bits per heavy atom. The van der Waals surface area contributed by atoms with E-state index in [1.54, 1.807) is 0 Å². The summed E-state index contributed by atoms with van der Waals surface area (Å²) < 4.78 is 5.36. The van der Waals surface area contributed by atoms with Crippen LogP contribution in [0.2, 0.25) is 0 Å². The van der Waals surface area contributed by atoms with Crippen LogP contribution in [-0.4, -0.2) is 30.6 Å². The SMILES string of the molecule is CCOc1ccc(C2CN(CC#N)C(=O)N2)cc1. The van der Waals surface area contributed by atoms with Crippen molar-refractivity contribution in [2.75, 3.05) is 19.7 Å². The zero-order valence-corrected chi connectivity index (χ0v) is 10.2. The summed E-state index contributed by atoms with van der Waals surface area (Å²) in [6, 6.07) is 9.39. The first kappa shape index (κ1) is 12.2. The summed E-state index contributed by atoms with van der Waals surface area (Å²) in [7, 11) is 0. The third-order valence-corrected chi connectivity index (χ3v) is 2.84. The fourth-order valence-electron chi connectivity index (χ4n) is 1.96. The molecule has 1 aliphatic rings. The van der Waals surface area contributed by atoms with Gasteiger partial charge in [-0.1, -0.05) is 12.1 Å². The highest BCUT2D eigenvalue weighted by Crippen LogP contribution is 2.22. The van der Waals surface area contributed by atoms with Gasteiger partial charge < -0.3 is 15.0 Å². The normalized spacial score (nSPS) is 18.3. The predicted molar refractivity (Wildman–Crippen MR) is 66.1 cm³/mol. The smallest absolute Gasteiger partial charge is 0.318 e. The van der Waals surface area contributed by atoms with Crippen LogP contribution in [-0.2, 0) is 0 Å². The number of benzene rings is 1. The van der Waals surface area contributed by atoms with Gasteiger partial charge >= 0.3 is 6.03 Å². The number of urea groups is 1. The molecule has 18 heavy (non-hydrogen) atoms. The Hall–Kier alpha value is -2.22. The maximum absolute atomic E-state index is 11.6. The summed E-state index contributed by atoms with van der Waals surface area (Å²) in [6.07, 6.45) is 0. The quantitative estimate of drug-likeness (QED) is 0.821. The Morgan fingerprint density at radius 1 is 1.50 bits per heavy atom. The Bertz CT molecular complexity index is 464. The number of amides is 2. The molecule has 1 N–H and O–H groups in total. The average Bonchev–Trinajstić information content (AvgIpc) is 2.73. The van der Waals surface area contributed by atoms with Crippen LogP contribution in [0.15, 0.2) is 24.3 Å². The molecule has 1 unspecified atom stereocenters. The Kier molecular flexibility index (Phi) is 3.68. The van der Waals surface area contributed by atoms with Crippen molar-refractivity contribution in [2.45, 2.75) is 13.0 Å². The molecular weight excluding hydrogens is 230 g/mol. The molecule has 1 heterocycles. The van der Waals surface area contributed by atoms with Crippen molar-refractivity contribution in [1.82, 2.24) is 10.2 Å². The van der Waals surface area contributed by atoms with E-state index in [1.807, 2.05) is 37.3 Å². The molecule has 0 radical (unpaired) electrons. The Balaban J connectivity index is 2.05. The summed E-state index contributed by atoms with van der Waals surface area (Å²) in [6.45, 7) is 3.22. The van der Waals surface area contributed by atoms with Crippen LogP contribution < -0.4 is 10.1 Å². The van der Waals surface area contributed by atoms with E-state index < -0.39 is 0 Å². The first-order chi connectivity index (χ1) is 8.74. The van der Waals surface area contributed by atoms with Crippen LogP contribution in [0, 0.1) is 11.3 Å². The van der Waals surface area contributed by atoms with Crippen LogP contribution in [0.1, 0.15) is 18.5 Å². The highest BCUT2D eigenvalue weighted by atomic mass is 16.5. The van der Waals surface area contributed by atoms with Crippen LogP contribution in [0.4, 0.5) is 4.79 Å². The lowest BCUT2D eigenvalue weighted by atomic mass is 10.1. The number of carbonyl (C=O) groups excluding carboxylic acids is 1. The molecule has 1 aliphatic heterocycles. The maximum atomic E-state index is 11.6. The van der Waals surface area contributed by atoms with E-state index in [4.69, 9.17) is 10.00 Å². The highest BCUT2D eigenvalue weighted by molar-refractivity contribution is 5.77. The molecule has 0 aromatic heterocycles. The number of hydrogen-bond acceptors (Lipinski definition) is 3. The van der Waals surface area contributed by atoms with E-state index >= 15 is 0 Å². The minimum Gasteiger partial charge on any atom is -0.494 e. The fourth-order valence-corrected chi connectivity index (χ4v) is 1.96. The van der Waals surface area contributed by atoms with Gasteiger partial charge in [0.2, 0.25) is 0 Å². The molecule has 1 saturated heterocycles. The van der Waals surface area contributed by atoms with E-state index in [9.17, 15) is 4.79 Å². The lowest BCUT2D eigenvalue weighted by Crippen LogP contribution is -2.28. The monoisotopic (exact) mass is 245 g/mol. The number of nitrogens with one attached hydrogen (secondary N) is 1. The van der Waals surface area contributed by atoms with Gasteiger partial charge in [0.1, 0.15) is 12.3 Å². The fraction of sp³-hybridized carbons (Fsp3) is 0.385. The molecule has 1 atom stereocenters. The molecule has 1 aromatic carbocycles. The second kappa shape index (κ2) is 5.41. The highest BCUT2D eigenvalue weighted by Gasteiger charge is 2.29. The zero-order chi connectivity index (χ0) is 13.0. The van der Waals surface area contributed by atoms with Gasteiger partial charge in [-0.3, -0.25) is 0 Å². The summed E-state index contributed by atoms with van der Waals surface area (Å²) in [5.41, 5.74) is 1.02. The van der Waals surface area contributed by atoms with Crippen molar-refractivity contribution in [3.63, 3.8) is 0 Å². The lowest BCUT2D eigenvalue weighted by Gasteiger charge is -2.11. The maximum Gasteiger partial charge on any atom is 0.318 e. The van der Waals surface area contributed by atoms with Crippen molar-refractivity contribution < 1.29 is 9.53 Å². The molecule has 2 rings (SSSR count). The average molecular weight is 245 g/mol. The summed E-state index contributed by atoms with van der Waals surface area (Å²) >= 11 is 0. The number of nitriles is 1. The van der Waals surface area contributed by atoms with Crippen molar-refractivity contribution in [1.29, 1.82) is 5.26 Å². The molecule has 0 aliphatic carbocycles. The number of rotatable bonds is 4. The van der Waals surface area contributed by atoms with E-state index in [2.05, 4.69) is 5.32 Å². The van der Waals surface area contributed by atoms with Crippen LogP contribution >= 0.6 is 0 Å². The molecule has 1 aromatic rings. The molecule has 5 heteroatoms. The Morgan fingerprint density at radius 2 is 2.22 bits per heavy atom. The summed E-state index contributed by atoms with van der Waals surface area (Å²) in [5.74, 6) is 0.819. The van der Waals surface area contributed by atoms with E-state index in [1.165, 1.54) is 4.90 Å². The standard InChI is InChI=1S/C13H15N3O2/c1-2-18-11-5-3-10(4-6-11)12-9-16(8-7-14)13(17)15-12/h3-6,12H,2,8-9H2,1H3,(H,15,17). The minimum atomic E-state index is -0.185. The molecule has 0 saturated carbocycles. The van der Waals surface area contributed by atoms with Crippen molar-refractivity contribution in [3.8, 4) is 11.8 Å². The third-order valence-electron chi connectivity index (χ3n) is 2.84. The molecule has 0 bridgehead atoms. The first-order valence-corrected chi connectivity index (χ1v) is 5.89. The van der Waals surface area contributed by atoms with Gasteiger partial charge in [0.05, 0.1) is 18.7 Å². The summed E-state index contributed by atoms with van der Waals surface area (Å²) in [4.78, 5) is 13.1. The van der Waals surface area contributed by atoms with Crippen molar-refractivity contribution in [3.05, 3.63) is 29.8 Å². The van der Waals surface area contributed by atoms with Gasteiger partial charge in [-0.05, 0) is 24.6 Å². The van der Waals surface area contributed by atoms with Gasteiger partial charge in [-0.2, -0.15) is 5.26 Å². The number of carbonyl (C=O) groups is 1. The van der Waals surface area contributed by atoms with Crippen molar-refractivity contribution in [2.24, 2.45) is 0 Å². The molecule has 1 fully saturated rings. The van der Waals surface area contributed by atoms with Gasteiger partial charge in [-0.25, -0.2) is 4.79 Å².